The number of nitrogens with zero attached hydrogens (tertiary/aromatic N) is 2. The maximum atomic E-state index is 11.6. The predicted octanol–water partition coefficient (Wildman–Crippen LogP) is 5.35. The first-order valence-electron chi connectivity index (χ1n) is 11.6. The summed E-state index contributed by atoms with van der Waals surface area (Å²) in [6, 6.07) is 8.21. The van der Waals surface area contributed by atoms with E-state index in [9.17, 15) is 5.11 Å². The van der Waals surface area contributed by atoms with Crippen molar-refractivity contribution in [3.8, 4) is 0 Å². The molecule has 0 spiro atoms. The molecule has 28 heavy (non-hydrogen) atoms. The van der Waals surface area contributed by atoms with E-state index >= 15 is 0 Å². The van der Waals surface area contributed by atoms with Gasteiger partial charge < -0.3 is 10.0 Å². The van der Waals surface area contributed by atoms with E-state index in [-0.39, 0.29) is 0 Å². The van der Waals surface area contributed by atoms with E-state index in [1.807, 2.05) is 12.1 Å². The second-order valence-electron chi connectivity index (χ2n) is 9.52. The Labute approximate surface area is 176 Å². The number of halogens is 1. The summed E-state index contributed by atoms with van der Waals surface area (Å²) in [4.78, 5) is 5.04. The largest absolute Gasteiger partial charge is 0.390 e. The molecule has 3 fully saturated rings. The number of benzene rings is 1. The molecule has 4 rings (SSSR count). The zero-order chi connectivity index (χ0) is 19.4. The molecule has 3 aliphatic rings. The second-order valence-corrected chi connectivity index (χ2v) is 9.96. The molecule has 4 heteroatoms. The van der Waals surface area contributed by atoms with E-state index in [1.54, 1.807) is 0 Å². The Hall–Kier alpha value is -0.770. The lowest BCUT2D eigenvalue weighted by atomic mass is 9.68. The highest BCUT2D eigenvalue weighted by Crippen LogP contribution is 2.42. The molecule has 2 atom stereocenters. The molecular weight excluding hydrogens is 368 g/mol. The highest BCUT2D eigenvalue weighted by atomic mass is 35.5. The van der Waals surface area contributed by atoms with Gasteiger partial charge in [0.2, 0.25) is 0 Å². The van der Waals surface area contributed by atoms with Crippen LogP contribution in [0.15, 0.2) is 24.3 Å². The summed E-state index contributed by atoms with van der Waals surface area (Å²) in [7, 11) is 0. The first-order valence-corrected chi connectivity index (χ1v) is 12.0. The molecule has 0 amide bonds. The lowest BCUT2D eigenvalue weighted by Gasteiger charge is -2.46. The Balaban J connectivity index is 1.32. The zero-order valence-electron chi connectivity index (χ0n) is 17.3. The van der Waals surface area contributed by atoms with Gasteiger partial charge in [-0.05, 0) is 43.4 Å². The van der Waals surface area contributed by atoms with Crippen molar-refractivity contribution in [1.29, 1.82) is 0 Å². The summed E-state index contributed by atoms with van der Waals surface area (Å²) in [6.45, 7) is 5.35. The van der Waals surface area contributed by atoms with Crippen LogP contribution in [0, 0.1) is 11.8 Å². The third-order valence-corrected chi connectivity index (χ3v) is 7.80. The Kier molecular flexibility index (Phi) is 6.85. The molecular formula is C24H37ClN2O. The third kappa shape index (κ3) is 5.04. The van der Waals surface area contributed by atoms with Gasteiger partial charge >= 0.3 is 0 Å². The molecule has 1 aliphatic heterocycles. The maximum Gasteiger partial charge on any atom is 0.0690 e. The first-order chi connectivity index (χ1) is 13.6. The fraction of sp³-hybridized carbons (Fsp3) is 0.750. The standard InChI is InChI=1S/C24H37ClN2O/c25-22-10-6-11-23(17-22)27-15-13-26(14-16-27)19-21-9-4-5-12-24(21,28)18-20-7-2-1-3-8-20/h6,10-11,17,20-21,28H,1-5,7-9,12-16,18-19H2. The van der Waals surface area contributed by atoms with Crippen molar-refractivity contribution >= 4 is 17.3 Å². The molecule has 0 radical (unpaired) electrons. The Morgan fingerprint density at radius 2 is 1.71 bits per heavy atom. The predicted molar refractivity (Wildman–Crippen MR) is 118 cm³/mol. The van der Waals surface area contributed by atoms with Gasteiger partial charge in [-0.15, -0.1) is 0 Å². The molecule has 1 aromatic rings. The van der Waals surface area contributed by atoms with Crippen molar-refractivity contribution in [3.63, 3.8) is 0 Å². The van der Waals surface area contributed by atoms with Crippen LogP contribution >= 0.6 is 11.6 Å². The monoisotopic (exact) mass is 404 g/mol. The molecule has 1 aromatic carbocycles. The molecule has 1 heterocycles. The number of anilines is 1. The van der Waals surface area contributed by atoms with Crippen LogP contribution in [0.25, 0.3) is 0 Å². The molecule has 156 valence electrons. The molecule has 0 aromatic heterocycles. The van der Waals surface area contributed by atoms with Crippen molar-refractivity contribution in [2.75, 3.05) is 37.6 Å². The number of hydrogen-bond acceptors (Lipinski definition) is 3. The van der Waals surface area contributed by atoms with E-state index in [0.717, 1.165) is 56.5 Å². The quantitative estimate of drug-likeness (QED) is 0.716. The van der Waals surface area contributed by atoms with Gasteiger partial charge in [0.05, 0.1) is 5.60 Å². The third-order valence-electron chi connectivity index (χ3n) is 7.56. The van der Waals surface area contributed by atoms with Crippen molar-refractivity contribution in [2.45, 2.75) is 69.8 Å². The number of piperazine rings is 1. The van der Waals surface area contributed by atoms with E-state index in [1.165, 1.54) is 57.1 Å². The van der Waals surface area contributed by atoms with Gasteiger partial charge in [0.15, 0.2) is 0 Å². The van der Waals surface area contributed by atoms with Crippen molar-refractivity contribution < 1.29 is 5.11 Å². The molecule has 2 aliphatic carbocycles. The average molecular weight is 405 g/mol. The second kappa shape index (κ2) is 9.36. The summed E-state index contributed by atoms with van der Waals surface area (Å²) in [5, 5.41) is 12.4. The maximum absolute atomic E-state index is 11.6. The van der Waals surface area contributed by atoms with Gasteiger partial charge in [0.25, 0.3) is 0 Å². The normalized spacial score (nSPS) is 30.5. The van der Waals surface area contributed by atoms with Crippen LogP contribution in [0.3, 0.4) is 0 Å². The van der Waals surface area contributed by atoms with Gasteiger partial charge in [0, 0.05) is 49.4 Å². The smallest absolute Gasteiger partial charge is 0.0690 e. The lowest BCUT2D eigenvalue weighted by molar-refractivity contribution is -0.0789. The average Bonchev–Trinajstić information content (AvgIpc) is 2.71. The Bertz CT molecular complexity index is 625. The van der Waals surface area contributed by atoms with Crippen LogP contribution in [0.2, 0.25) is 5.02 Å². The minimum Gasteiger partial charge on any atom is -0.390 e. The lowest BCUT2D eigenvalue weighted by Crippen LogP contribution is -2.52. The number of hydrogen-bond donors (Lipinski definition) is 1. The SMILES string of the molecule is OC1(CC2CCCCC2)CCCCC1CN1CCN(c2cccc(Cl)c2)CC1. The Morgan fingerprint density at radius 1 is 0.964 bits per heavy atom. The highest BCUT2D eigenvalue weighted by molar-refractivity contribution is 6.30. The summed E-state index contributed by atoms with van der Waals surface area (Å²) in [5.41, 5.74) is 0.822. The molecule has 2 saturated carbocycles. The molecule has 3 nitrogen and oxygen atoms in total. The first kappa shape index (κ1) is 20.5. The summed E-state index contributed by atoms with van der Waals surface area (Å²) in [5.74, 6) is 1.22. The number of rotatable bonds is 5. The van der Waals surface area contributed by atoms with Crippen LogP contribution in [-0.2, 0) is 0 Å². The van der Waals surface area contributed by atoms with Gasteiger partial charge in [-0.1, -0.05) is 62.6 Å². The van der Waals surface area contributed by atoms with Crippen LogP contribution in [0.4, 0.5) is 5.69 Å². The zero-order valence-corrected chi connectivity index (χ0v) is 18.0. The molecule has 1 N–H and O–H groups in total. The van der Waals surface area contributed by atoms with Crippen molar-refractivity contribution in [2.24, 2.45) is 11.8 Å². The van der Waals surface area contributed by atoms with Crippen LogP contribution in [0.1, 0.15) is 64.2 Å². The fourth-order valence-electron chi connectivity index (χ4n) is 5.89. The van der Waals surface area contributed by atoms with Gasteiger partial charge in [-0.2, -0.15) is 0 Å². The van der Waals surface area contributed by atoms with E-state index in [0.29, 0.717) is 5.92 Å². The Morgan fingerprint density at radius 3 is 2.46 bits per heavy atom. The summed E-state index contributed by atoms with van der Waals surface area (Å²) >= 11 is 6.17. The number of aliphatic hydroxyl groups is 1. The van der Waals surface area contributed by atoms with Gasteiger partial charge in [0.1, 0.15) is 0 Å². The van der Waals surface area contributed by atoms with Crippen LogP contribution < -0.4 is 4.90 Å². The van der Waals surface area contributed by atoms with Crippen LogP contribution in [0.5, 0.6) is 0 Å². The molecule has 2 unspecified atom stereocenters. The van der Waals surface area contributed by atoms with Crippen molar-refractivity contribution in [3.05, 3.63) is 29.3 Å². The minimum atomic E-state index is -0.412. The van der Waals surface area contributed by atoms with Crippen molar-refractivity contribution in [1.82, 2.24) is 4.90 Å². The van der Waals surface area contributed by atoms with E-state index < -0.39 is 5.60 Å². The summed E-state index contributed by atoms with van der Waals surface area (Å²) in [6.07, 6.45) is 12.6. The van der Waals surface area contributed by atoms with Gasteiger partial charge in [-0.3, -0.25) is 4.90 Å². The fourth-order valence-corrected chi connectivity index (χ4v) is 6.07. The molecule has 0 bridgehead atoms. The topological polar surface area (TPSA) is 26.7 Å². The van der Waals surface area contributed by atoms with E-state index in [4.69, 9.17) is 11.6 Å². The minimum absolute atomic E-state index is 0.412. The molecule has 1 saturated heterocycles. The van der Waals surface area contributed by atoms with Crippen LogP contribution in [-0.4, -0.2) is 48.3 Å². The van der Waals surface area contributed by atoms with E-state index in [2.05, 4.69) is 21.9 Å². The van der Waals surface area contributed by atoms with Gasteiger partial charge in [-0.25, -0.2) is 0 Å². The highest BCUT2D eigenvalue weighted by Gasteiger charge is 2.41. The summed E-state index contributed by atoms with van der Waals surface area (Å²) < 4.78 is 0.